The minimum absolute atomic E-state index is 0.0786. The molecule has 0 N–H and O–H groups in total. The molecular formula is C23H29NO2S. The Bertz CT molecular complexity index is 765. The lowest BCUT2D eigenvalue weighted by Crippen LogP contribution is -2.35. The van der Waals surface area contributed by atoms with Crippen molar-refractivity contribution in [2.24, 2.45) is 5.92 Å². The molecule has 4 heteroatoms. The largest absolute Gasteiger partial charge is 0.463 e. The van der Waals surface area contributed by atoms with Gasteiger partial charge in [-0.1, -0.05) is 55.9 Å². The van der Waals surface area contributed by atoms with E-state index in [4.69, 9.17) is 17.0 Å². The van der Waals surface area contributed by atoms with Gasteiger partial charge in [-0.2, -0.15) is 0 Å². The zero-order valence-electron chi connectivity index (χ0n) is 16.5. The van der Waals surface area contributed by atoms with E-state index in [1.807, 2.05) is 13.8 Å². The predicted molar refractivity (Wildman–Crippen MR) is 114 cm³/mol. The Hall–Kier alpha value is -1.94. The lowest BCUT2D eigenvalue weighted by Gasteiger charge is -2.28. The highest BCUT2D eigenvalue weighted by Gasteiger charge is 2.31. The number of allylic oxidation sites excluding steroid dienone is 1. The van der Waals surface area contributed by atoms with E-state index in [1.165, 1.54) is 5.56 Å². The van der Waals surface area contributed by atoms with Crippen LogP contribution in [0.2, 0.25) is 0 Å². The average molecular weight is 384 g/mol. The van der Waals surface area contributed by atoms with Gasteiger partial charge in [-0.15, -0.1) is 0 Å². The Labute approximate surface area is 168 Å². The van der Waals surface area contributed by atoms with E-state index in [0.717, 1.165) is 48.4 Å². The van der Waals surface area contributed by atoms with Crippen LogP contribution < -0.4 is 0 Å². The van der Waals surface area contributed by atoms with Gasteiger partial charge in [0, 0.05) is 17.1 Å². The molecule has 3 rings (SSSR count). The van der Waals surface area contributed by atoms with Crippen LogP contribution in [0, 0.1) is 5.92 Å². The number of nitrogens with zero attached hydrogens (tertiary/aromatic N) is 1. The Balaban J connectivity index is 1.77. The van der Waals surface area contributed by atoms with E-state index in [0.29, 0.717) is 0 Å². The van der Waals surface area contributed by atoms with Gasteiger partial charge in [-0.25, -0.2) is 0 Å². The highest BCUT2D eigenvalue weighted by atomic mass is 32.1. The number of ether oxygens (including phenoxy) is 1. The summed E-state index contributed by atoms with van der Waals surface area (Å²) in [6.45, 7) is 6.89. The summed E-state index contributed by atoms with van der Waals surface area (Å²) in [6, 6.07) is 8.69. The number of benzene rings is 1. The molecule has 3 nitrogen and oxygen atoms in total. The first-order valence-electron chi connectivity index (χ1n) is 10.00. The monoisotopic (exact) mass is 383 g/mol. The van der Waals surface area contributed by atoms with E-state index < -0.39 is 0 Å². The number of esters is 1. The molecule has 0 spiro atoms. The van der Waals surface area contributed by atoms with Crippen LogP contribution in [0.5, 0.6) is 0 Å². The molecule has 0 radical (unpaired) electrons. The number of aryl methyl sites for hydroxylation is 1. The van der Waals surface area contributed by atoms with Crippen LogP contribution in [0.25, 0.3) is 0 Å². The molecule has 2 atom stereocenters. The van der Waals surface area contributed by atoms with Gasteiger partial charge in [-0.05, 0) is 56.4 Å². The van der Waals surface area contributed by atoms with Gasteiger partial charge in [-0.3, -0.25) is 4.79 Å². The fourth-order valence-electron chi connectivity index (χ4n) is 3.81. The van der Waals surface area contributed by atoms with Crippen LogP contribution in [0.15, 0.2) is 48.2 Å². The molecule has 0 aliphatic carbocycles. The summed E-state index contributed by atoms with van der Waals surface area (Å²) in [7, 11) is 0. The lowest BCUT2D eigenvalue weighted by molar-refractivity contribution is -0.150. The van der Waals surface area contributed by atoms with Gasteiger partial charge in [0.1, 0.15) is 0 Å². The van der Waals surface area contributed by atoms with E-state index in [2.05, 4.69) is 54.3 Å². The number of carbonyl (C=O) groups is 1. The molecule has 0 saturated heterocycles. The summed E-state index contributed by atoms with van der Waals surface area (Å²) in [5.74, 6) is -0.289. The molecule has 2 unspecified atom stereocenters. The molecule has 0 bridgehead atoms. The minimum atomic E-state index is -0.169. The van der Waals surface area contributed by atoms with Gasteiger partial charge in [0.15, 0.2) is 0 Å². The van der Waals surface area contributed by atoms with Crippen LogP contribution >= 0.6 is 12.2 Å². The molecule has 1 aromatic carbocycles. The smallest absolute Gasteiger partial charge is 0.313 e. The zero-order valence-corrected chi connectivity index (χ0v) is 17.3. The average Bonchev–Trinajstić information content (AvgIpc) is 2.90. The molecule has 0 saturated carbocycles. The minimum Gasteiger partial charge on any atom is -0.463 e. The third-order valence-corrected chi connectivity index (χ3v) is 5.55. The first-order valence-corrected chi connectivity index (χ1v) is 10.4. The van der Waals surface area contributed by atoms with Crippen LogP contribution in [0.4, 0.5) is 0 Å². The van der Waals surface area contributed by atoms with E-state index in [9.17, 15) is 4.79 Å². The summed E-state index contributed by atoms with van der Waals surface area (Å²) < 4.78 is 5.42. The number of thiocarbonyl (C=S) groups is 1. The Morgan fingerprint density at radius 3 is 2.93 bits per heavy atom. The van der Waals surface area contributed by atoms with Crippen molar-refractivity contribution in [1.29, 1.82) is 0 Å². The van der Waals surface area contributed by atoms with Crippen molar-refractivity contribution in [3.05, 3.63) is 59.3 Å². The van der Waals surface area contributed by atoms with Crippen molar-refractivity contribution in [1.82, 2.24) is 4.90 Å². The highest BCUT2D eigenvalue weighted by Crippen LogP contribution is 2.30. The Kier molecular flexibility index (Phi) is 6.48. The Morgan fingerprint density at radius 1 is 1.37 bits per heavy atom. The molecule has 2 aliphatic heterocycles. The van der Waals surface area contributed by atoms with E-state index in [1.54, 1.807) is 0 Å². The van der Waals surface area contributed by atoms with Crippen molar-refractivity contribution in [2.45, 2.75) is 58.6 Å². The standard InChI is InChI=1S/C23H29NO2S/c1-4-7-17-8-5-9-18(14-17)22(27)21-12-11-20-15-19(10-6-13-24(20)21)23(25)26-16(2)3/h5,8-9,11-12,14-16,19,21H,4,6-7,10,13H2,1-3H3. The quantitative estimate of drug-likeness (QED) is 0.399. The van der Waals surface area contributed by atoms with Crippen molar-refractivity contribution in [3.8, 4) is 0 Å². The van der Waals surface area contributed by atoms with Gasteiger partial charge >= 0.3 is 5.97 Å². The van der Waals surface area contributed by atoms with Crippen LogP contribution in [-0.4, -0.2) is 34.4 Å². The van der Waals surface area contributed by atoms with Gasteiger partial charge < -0.3 is 9.64 Å². The molecular weight excluding hydrogens is 354 g/mol. The van der Waals surface area contributed by atoms with Gasteiger partial charge in [0.2, 0.25) is 0 Å². The number of carbonyl (C=O) groups excluding carboxylic acids is 1. The molecule has 2 aliphatic rings. The van der Waals surface area contributed by atoms with E-state index in [-0.39, 0.29) is 24.0 Å². The number of fused-ring (bicyclic) bond motifs is 1. The maximum absolute atomic E-state index is 12.4. The molecule has 0 amide bonds. The van der Waals surface area contributed by atoms with Crippen molar-refractivity contribution in [2.75, 3.05) is 6.54 Å². The topological polar surface area (TPSA) is 29.5 Å². The van der Waals surface area contributed by atoms with Crippen LogP contribution in [0.1, 0.15) is 51.2 Å². The fraction of sp³-hybridized carbons (Fsp3) is 0.478. The first kappa shape index (κ1) is 19.8. The number of hydrogen-bond acceptors (Lipinski definition) is 4. The van der Waals surface area contributed by atoms with E-state index >= 15 is 0 Å². The molecule has 0 fully saturated rings. The predicted octanol–water partition coefficient (Wildman–Crippen LogP) is 4.84. The summed E-state index contributed by atoms with van der Waals surface area (Å²) in [6.07, 6.45) is 10.2. The Morgan fingerprint density at radius 2 is 2.19 bits per heavy atom. The lowest BCUT2D eigenvalue weighted by atomic mass is 10.0. The SMILES string of the molecule is CCCc1cccc(C(=S)C2C=CC3=CC(C(=O)OC(C)C)CCCN32)c1. The summed E-state index contributed by atoms with van der Waals surface area (Å²) in [5.41, 5.74) is 3.56. The number of hydrogen-bond donors (Lipinski definition) is 0. The third-order valence-electron chi connectivity index (χ3n) is 5.08. The number of rotatable bonds is 6. The van der Waals surface area contributed by atoms with Crippen LogP contribution in [-0.2, 0) is 16.0 Å². The molecule has 0 aromatic heterocycles. The second-order valence-corrected chi connectivity index (χ2v) is 8.08. The van der Waals surface area contributed by atoms with Crippen molar-refractivity contribution >= 4 is 23.1 Å². The zero-order chi connectivity index (χ0) is 19.4. The molecule has 144 valence electrons. The van der Waals surface area contributed by atoms with Crippen molar-refractivity contribution < 1.29 is 9.53 Å². The summed E-state index contributed by atoms with van der Waals surface area (Å²) in [4.78, 5) is 15.6. The van der Waals surface area contributed by atoms with Gasteiger partial charge in [0.05, 0.1) is 18.1 Å². The summed E-state index contributed by atoms with van der Waals surface area (Å²) in [5, 5.41) is 0. The normalized spacial score (nSPS) is 21.6. The second kappa shape index (κ2) is 8.83. The maximum atomic E-state index is 12.4. The van der Waals surface area contributed by atoms with Crippen molar-refractivity contribution in [3.63, 3.8) is 0 Å². The first-order chi connectivity index (χ1) is 13.0. The second-order valence-electron chi connectivity index (χ2n) is 7.64. The molecule has 27 heavy (non-hydrogen) atoms. The van der Waals surface area contributed by atoms with Gasteiger partial charge in [0.25, 0.3) is 0 Å². The van der Waals surface area contributed by atoms with Crippen LogP contribution in [0.3, 0.4) is 0 Å². The summed E-state index contributed by atoms with van der Waals surface area (Å²) >= 11 is 5.86. The molecule has 1 aromatic rings. The maximum Gasteiger partial charge on any atom is 0.313 e. The molecule has 2 heterocycles. The third kappa shape index (κ3) is 4.67. The fourth-order valence-corrected chi connectivity index (χ4v) is 4.15. The highest BCUT2D eigenvalue weighted by molar-refractivity contribution is 7.81.